The van der Waals surface area contributed by atoms with Gasteiger partial charge in [0.25, 0.3) is 5.91 Å². The number of ether oxygens (including phenoxy) is 1. The summed E-state index contributed by atoms with van der Waals surface area (Å²) < 4.78 is 12.1. The predicted molar refractivity (Wildman–Crippen MR) is 160 cm³/mol. The Morgan fingerprint density at radius 3 is 2.63 bits per heavy atom. The van der Waals surface area contributed by atoms with Gasteiger partial charge in [-0.1, -0.05) is 62.4 Å². The van der Waals surface area contributed by atoms with Gasteiger partial charge >= 0.3 is 24.8 Å². The fraction of sp³-hybridized carbons (Fsp3) is 0.469. The first-order valence-electron chi connectivity index (χ1n) is 14.2. The van der Waals surface area contributed by atoms with Crippen molar-refractivity contribution in [3.05, 3.63) is 77.5 Å². The van der Waals surface area contributed by atoms with Gasteiger partial charge in [-0.05, 0) is 78.5 Å². The third-order valence-corrected chi connectivity index (χ3v) is 8.36. The number of rotatable bonds is 14. The molecule has 0 saturated heterocycles. The van der Waals surface area contributed by atoms with Crippen molar-refractivity contribution in [1.29, 1.82) is 0 Å². The van der Waals surface area contributed by atoms with E-state index in [9.17, 15) is 14.7 Å². The van der Waals surface area contributed by atoms with E-state index in [0.29, 0.717) is 30.1 Å². The van der Waals surface area contributed by atoms with Gasteiger partial charge in [0.05, 0.1) is 6.20 Å². The number of benzene rings is 2. The largest absolute Gasteiger partial charge is 1.00 e. The molecule has 2 N–H and O–H groups in total. The first-order valence-corrected chi connectivity index (χ1v) is 15.6. The van der Waals surface area contributed by atoms with E-state index in [1.165, 1.54) is 38.5 Å². The topological polar surface area (TPSA) is 102 Å². The van der Waals surface area contributed by atoms with Crippen LogP contribution >= 0.6 is 11.8 Å². The number of carboxylic acid groups (broad SMARTS) is 1. The molecule has 216 valence electrons. The molecule has 41 heavy (non-hydrogen) atoms. The summed E-state index contributed by atoms with van der Waals surface area (Å²) in [5.74, 6) is 0.578. The molecular formula is C32H41LiN2O5S. The maximum absolute atomic E-state index is 13.5. The zero-order chi connectivity index (χ0) is 28.3. The molecule has 2 unspecified atom stereocenters. The van der Waals surface area contributed by atoms with E-state index in [1.54, 1.807) is 24.0 Å². The van der Waals surface area contributed by atoms with Gasteiger partial charge < -0.3 is 21.0 Å². The molecule has 0 aliphatic heterocycles. The van der Waals surface area contributed by atoms with Crippen LogP contribution in [0.5, 0.6) is 0 Å². The minimum absolute atomic E-state index is 0. The number of aromatic nitrogens is 1. The van der Waals surface area contributed by atoms with Crippen molar-refractivity contribution < 1.29 is 44.1 Å². The molecule has 7 nitrogen and oxygen atoms in total. The number of aryl methyl sites for hydroxylation is 1. The molecule has 2 atom stereocenters. The maximum atomic E-state index is 13.5. The molecular weight excluding hydrogens is 531 g/mol. The Labute approximate surface area is 260 Å². The molecule has 2 aromatic carbocycles. The fourth-order valence-electron chi connectivity index (χ4n) is 5.50. The van der Waals surface area contributed by atoms with Gasteiger partial charge in [-0.15, -0.1) is 0 Å². The summed E-state index contributed by atoms with van der Waals surface area (Å²) in [5, 5.41) is 12.4. The number of hydrogen-bond acceptors (Lipinski definition) is 6. The molecule has 1 heterocycles. The standard InChI is InChI=1S/C32H40N2O5S.Li.H/c1-22-9-6-7-13-25(22)27-19-24(14-15-26(27)31(35)34-28(32(36)37)16-18-40-2)30(29-20-33-21-39-29)38-17-8-12-23-10-4-3-5-11-23;;/h6-7,9,13-15,19-21,23,28,30H,3-5,8,10-12,16-18H2,1-2H3,(H,34,35)(H,36,37);;/q;+1;-1. The van der Waals surface area contributed by atoms with Gasteiger partial charge in [-0.3, -0.25) is 4.79 Å². The van der Waals surface area contributed by atoms with Crippen molar-refractivity contribution in [2.75, 3.05) is 18.6 Å². The number of aliphatic carboxylic acids is 1. The van der Waals surface area contributed by atoms with Crippen molar-refractivity contribution in [2.45, 2.75) is 70.4 Å². The van der Waals surface area contributed by atoms with E-state index in [4.69, 9.17) is 9.15 Å². The average Bonchev–Trinajstić information content (AvgIpc) is 3.50. The molecule has 4 rings (SSSR count). The second-order valence-corrected chi connectivity index (χ2v) is 11.6. The molecule has 1 fully saturated rings. The molecule has 1 amide bonds. The number of amides is 1. The van der Waals surface area contributed by atoms with Gasteiger partial charge in [0.2, 0.25) is 0 Å². The van der Waals surface area contributed by atoms with Crippen molar-refractivity contribution in [3.63, 3.8) is 0 Å². The maximum Gasteiger partial charge on any atom is 1.00 e. The number of thioether (sulfide) groups is 1. The van der Waals surface area contributed by atoms with Crippen LogP contribution in [-0.4, -0.2) is 46.6 Å². The number of oxazole rings is 1. The third kappa shape index (κ3) is 9.24. The second kappa shape index (κ2) is 16.8. The van der Waals surface area contributed by atoms with Gasteiger partial charge in [-0.2, -0.15) is 11.8 Å². The van der Waals surface area contributed by atoms with E-state index < -0.39 is 24.0 Å². The van der Waals surface area contributed by atoms with E-state index in [-0.39, 0.29) is 20.3 Å². The van der Waals surface area contributed by atoms with Crippen LogP contribution in [0.2, 0.25) is 0 Å². The van der Waals surface area contributed by atoms with Gasteiger partial charge in [0.15, 0.2) is 12.2 Å². The molecule has 1 aliphatic carbocycles. The minimum atomic E-state index is -1.04. The SMILES string of the molecule is CSCCC(NC(=O)c1ccc(C(OCCCC2CCCCC2)c2cnco2)cc1-c1ccccc1C)C(=O)O.[H-].[Li+]. The third-order valence-electron chi connectivity index (χ3n) is 7.72. The van der Waals surface area contributed by atoms with Crippen LogP contribution in [0.25, 0.3) is 11.1 Å². The molecule has 1 saturated carbocycles. The number of nitrogens with one attached hydrogen (secondary N) is 1. The molecule has 1 aromatic heterocycles. The number of nitrogens with zero attached hydrogens (tertiary/aromatic N) is 1. The first-order chi connectivity index (χ1) is 19.5. The molecule has 1 aliphatic rings. The molecule has 0 radical (unpaired) electrons. The summed E-state index contributed by atoms with van der Waals surface area (Å²) in [7, 11) is 0. The van der Waals surface area contributed by atoms with Crippen LogP contribution in [0.3, 0.4) is 0 Å². The molecule has 9 heteroatoms. The Morgan fingerprint density at radius 2 is 1.95 bits per heavy atom. The van der Waals surface area contributed by atoms with Gasteiger partial charge in [-0.25, -0.2) is 9.78 Å². The summed E-state index contributed by atoms with van der Waals surface area (Å²) in [4.78, 5) is 29.4. The van der Waals surface area contributed by atoms with E-state index in [2.05, 4.69) is 10.3 Å². The van der Waals surface area contributed by atoms with Crippen LogP contribution in [-0.2, 0) is 9.53 Å². The Kier molecular flexibility index (Phi) is 13.5. The molecule has 0 spiro atoms. The number of carboxylic acids is 1. The second-order valence-electron chi connectivity index (χ2n) is 10.6. The van der Waals surface area contributed by atoms with Crippen molar-refractivity contribution in [1.82, 2.24) is 10.3 Å². The quantitative estimate of drug-likeness (QED) is 0.221. The Balaban J connectivity index is 0.00000308. The van der Waals surface area contributed by atoms with Crippen LogP contribution in [0.1, 0.15) is 86.1 Å². The predicted octanol–water partition coefficient (Wildman–Crippen LogP) is 4.17. The van der Waals surface area contributed by atoms with Crippen LogP contribution in [0.4, 0.5) is 0 Å². The van der Waals surface area contributed by atoms with Gasteiger partial charge in [0.1, 0.15) is 12.1 Å². The van der Waals surface area contributed by atoms with E-state index >= 15 is 0 Å². The van der Waals surface area contributed by atoms with Crippen LogP contribution in [0, 0.1) is 12.8 Å². The van der Waals surface area contributed by atoms with Crippen molar-refractivity contribution in [3.8, 4) is 11.1 Å². The fourth-order valence-corrected chi connectivity index (χ4v) is 5.97. The minimum Gasteiger partial charge on any atom is -1.00 e. The van der Waals surface area contributed by atoms with E-state index in [0.717, 1.165) is 41.0 Å². The van der Waals surface area contributed by atoms with Gasteiger partial charge in [0, 0.05) is 12.2 Å². The van der Waals surface area contributed by atoms with Crippen molar-refractivity contribution in [2.24, 2.45) is 5.92 Å². The summed E-state index contributed by atoms with van der Waals surface area (Å²) in [6, 6.07) is 12.5. The Hall–Kier alpha value is -2.50. The average molecular weight is 573 g/mol. The first kappa shape index (κ1) is 33.0. The summed E-state index contributed by atoms with van der Waals surface area (Å²) in [5.41, 5.74) is 3.90. The summed E-state index contributed by atoms with van der Waals surface area (Å²) >= 11 is 1.55. The number of carbonyl (C=O) groups is 2. The summed E-state index contributed by atoms with van der Waals surface area (Å²) in [6.07, 6.45) is 13.7. The van der Waals surface area contributed by atoms with Crippen molar-refractivity contribution >= 4 is 23.6 Å². The summed E-state index contributed by atoms with van der Waals surface area (Å²) in [6.45, 7) is 2.59. The smallest absolute Gasteiger partial charge is 1.00 e. The molecule has 0 bridgehead atoms. The zero-order valence-electron chi connectivity index (χ0n) is 25.4. The molecule has 3 aromatic rings. The van der Waals surface area contributed by atoms with E-state index in [1.807, 2.05) is 49.6 Å². The zero-order valence-corrected chi connectivity index (χ0v) is 25.3. The van der Waals surface area contributed by atoms with Crippen LogP contribution < -0.4 is 24.2 Å². The Bertz CT molecular complexity index is 1250. The number of hydrogen-bond donors (Lipinski definition) is 2. The Morgan fingerprint density at radius 1 is 1.17 bits per heavy atom. The number of carbonyl (C=O) groups excluding carboxylic acids is 1. The van der Waals surface area contributed by atoms with Crippen LogP contribution in [0.15, 0.2) is 59.5 Å². The normalized spacial score (nSPS) is 15.1. The monoisotopic (exact) mass is 572 g/mol.